The summed E-state index contributed by atoms with van der Waals surface area (Å²) in [4.78, 5) is 25.4. The Morgan fingerprint density at radius 1 is 1.11 bits per heavy atom. The lowest BCUT2D eigenvalue weighted by atomic mass is 10.1. The number of para-hydroxylation sites is 1. The van der Waals surface area contributed by atoms with Crippen molar-refractivity contribution in [2.24, 2.45) is 0 Å². The van der Waals surface area contributed by atoms with Gasteiger partial charge >= 0.3 is 0 Å². The van der Waals surface area contributed by atoms with Crippen molar-refractivity contribution in [3.05, 3.63) is 55.4 Å². The molecule has 0 amide bonds. The molecular formula is C24H32N4O7. The smallest absolute Gasteiger partial charge is 0.290 e. The molecule has 0 radical (unpaired) electrons. The molecule has 0 saturated carbocycles. The van der Waals surface area contributed by atoms with Gasteiger partial charge in [0.1, 0.15) is 17.7 Å². The summed E-state index contributed by atoms with van der Waals surface area (Å²) in [5.41, 5.74) is 0.995. The third kappa shape index (κ3) is 8.54. The average molecular weight is 489 g/mol. The van der Waals surface area contributed by atoms with Crippen LogP contribution in [0.3, 0.4) is 0 Å². The molecule has 1 aliphatic rings. The Hall–Kier alpha value is -3.70. The Labute approximate surface area is 203 Å². The van der Waals surface area contributed by atoms with Crippen LogP contribution in [0.1, 0.15) is 25.8 Å². The van der Waals surface area contributed by atoms with Gasteiger partial charge < -0.3 is 33.6 Å². The van der Waals surface area contributed by atoms with Gasteiger partial charge in [0.05, 0.1) is 37.8 Å². The summed E-state index contributed by atoms with van der Waals surface area (Å²) in [6.45, 7) is 5.06. The number of hydrogen-bond acceptors (Lipinski definition) is 7. The molecule has 190 valence electrons. The van der Waals surface area contributed by atoms with Crippen molar-refractivity contribution in [3.8, 4) is 17.1 Å². The highest BCUT2D eigenvalue weighted by atomic mass is 16.5. The first kappa shape index (κ1) is 27.5. The quantitative estimate of drug-likeness (QED) is 0.326. The number of rotatable bonds is 10. The number of carboxylic acid groups (broad SMARTS) is 2. The third-order valence-corrected chi connectivity index (χ3v) is 5.16. The van der Waals surface area contributed by atoms with Crippen LogP contribution in [-0.4, -0.2) is 74.8 Å². The van der Waals surface area contributed by atoms with Crippen LogP contribution in [0.2, 0.25) is 0 Å². The number of carbonyl (C=O) groups is 2. The SMILES string of the molecule is CCO[C@H]1COC[C@@H]1n1ccnc1-c1ccccc1OCCCCn1ccnc1.O=CO.O=CO. The minimum absolute atomic E-state index is 0.0456. The topological polar surface area (TPSA) is 138 Å². The Bertz CT molecular complexity index is 972. The fourth-order valence-corrected chi connectivity index (χ4v) is 3.72. The molecular weight excluding hydrogens is 456 g/mol. The number of ether oxygens (including phenoxy) is 3. The maximum absolute atomic E-state index is 8.36. The first-order valence-corrected chi connectivity index (χ1v) is 11.3. The van der Waals surface area contributed by atoms with Crippen molar-refractivity contribution in [2.75, 3.05) is 26.4 Å². The number of benzene rings is 1. The normalized spacial score (nSPS) is 16.4. The van der Waals surface area contributed by atoms with E-state index >= 15 is 0 Å². The van der Waals surface area contributed by atoms with Crippen LogP contribution < -0.4 is 4.74 Å². The van der Waals surface area contributed by atoms with Gasteiger partial charge in [-0.15, -0.1) is 0 Å². The maximum Gasteiger partial charge on any atom is 0.290 e. The minimum atomic E-state index is -0.250. The molecule has 1 fully saturated rings. The highest BCUT2D eigenvalue weighted by Crippen LogP contribution is 2.33. The number of aryl methyl sites for hydroxylation is 1. The zero-order valence-corrected chi connectivity index (χ0v) is 19.7. The molecule has 4 rings (SSSR count). The Morgan fingerprint density at radius 2 is 1.89 bits per heavy atom. The summed E-state index contributed by atoms with van der Waals surface area (Å²) in [6.07, 6.45) is 11.5. The van der Waals surface area contributed by atoms with Gasteiger partial charge in [-0.25, -0.2) is 9.97 Å². The van der Waals surface area contributed by atoms with Crippen LogP contribution in [-0.2, 0) is 25.6 Å². The molecule has 11 nitrogen and oxygen atoms in total. The molecule has 11 heteroatoms. The van der Waals surface area contributed by atoms with E-state index in [-0.39, 0.29) is 25.1 Å². The van der Waals surface area contributed by atoms with Crippen molar-refractivity contribution < 1.29 is 34.0 Å². The van der Waals surface area contributed by atoms with Gasteiger partial charge in [0.15, 0.2) is 0 Å². The monoisotopic (exact) mass is 488 g/mol. The summed E-state index contributed by atoms with van der Waals surface area (Å²) in [7, 11) is 0. The van der Waals surface area contributed by atoms with Crippen LogP contribution >= 0.6 is 0 Å². The second-order valence-corrected chi connectivity index (χ2v) is 7.32. The Kier molecular flexibility index (Phi) is 12.6. The summed E-state index contributed by atoms with van der Waals surface area (Å²) >= 11 is 0. The van der Waals surface area contributed by atoms with Gasteiger partial charge in [-0.1, -0.05) is 12.1 Å². The van der Waals surface area contributed by atoms with E-state index in [9.17, 15) is 0 Å². The van der Waals surface area contributed by atoms with Crippen LogP contribution in [0.25, 0.3) is 11.4 Å². The van der Waals surface area contributed by atoms with Gasteiger partial charge in [-0.3, -0.25) is 9.59 Å². The molecule has 0 unspecified atom stereocenters. The predicted molar refractivity (Wildman–Crippen MR) is 127 cm³/mol. The van der Waals surface area contributed by atoms with Crippen molar-refractivity contribution >= 4 is 12.9 Å². The minimum Gasteiger partial charge on any atom is -0.493 e. The first-order valence-electron chi connectivity index (χ1n) is 11.3. The van der Waals surface area contributed by atoms with E-state index in [1.807, 2.05) is 50.0 Å². The lowest BCUT2D eigenvalue weighted by Crippen LogP contribution is -2.25. The van der Waals surface area contributed by atoms with E-state index in [0.29, 0.717) is 26.4 Å². The van der Waals surface area contributed by atoms with Crippen molar-refractivity contribution in [2.45, 2.75) is 38.5 Å². The lowest BCUT2D eigenvalue weighted by molar-refractivity contribution is -0.123. The molecule has 0 aliphatic carbocycles. The van der Waals surface area contributed by atoms with Crippen LogP contribution in [0, 0.1) is 0 Å². The number of hydrogen-bond donors (Lipinski definition) is 2. The van der Waals surface area contributed by atoms with Crippen molar-refractivity contribution in [1.29, 1.82) is 0 Å². The van der Waals surface area contributed by atoms with E-state index in [1.165, 1.54) is 0 Å². The highest BCUT2D eigenvalue weighted by molar-refractivity contribution is 5.64. The molecule has 2 aromatic heterocycles. The summed E-state index contributed by atoms with van der Waals surface area (Å²) in [6, 6.07) is 8.21. The fourth-order valence-electron chi connectivity index (χ4n) is 3.72. The summed E-state index contributed by atoms with van der Waals surface area (Å²) < 4.78 is 21.9. The third-order valence-electron chi connectivity index (χ3n) is 5.16. The first-order chi connectivity index (χ1) is 17.2. The molecule has 2 N–H and O–H groups in total. The van der Waals surface area contributed by atoms with E-state index in [2.05, 4.69) is 25.2 Å². The molecule has 3 aromatic rings. The highest BCUT2D eigenvalue weighted by Gasteiger charge is 2.32. The molecule has 0 bridgehead atoms. The van der Waals surface area contributed by atoms with E-state index < -0.39 is 0 Å². The Balaban J connectivity index is 0.000000655. The molecule has 0 spiro atoms. The van der Waals surface area contributed by atoms with Gasteiger partial charge in [-0.2, -0.15) is 0 Å². The second kappa shape index (κ2) is 16.0. The van der Waals surface area contributed by atoms with E-state index in [1.54, 1.807) is 6.20 Å². The van der Waals surface area contributed by atoms with Crippen molar-refractivity contribution in [1.82, 2.24) is 19.1 Å². The zero-order chi connectivity index (χ0) is 25.3. The second-order valence-electron chi connectivity index (χ2n) is 7.32. The number of nitrogens with zero attached hydrogens (tertiary/aromatic N) is 4. The van der Waals surface area contributed by atoms with Gasteiger partial charge in [0.2, 0.25) is 0 Å². The van der Waals surface area contributed by atoms with Crippen molar-refractivity contribution in [3.63, 3.8) is 0 Å². The average Bonchev–Trinajstić information content (AvgIpc) is 3.62. The van der Waals surface area contributed by atoms with Gasteiger partial charge in [0.25, 0.3) is 12.9 Å². The largest absolute Gasteiger partial charge is 0.493 e. The molecule has 1 aromatic carbocycles. The van der Waals surface area contributed by atoms with Crippen LogP contribution in [0.4, 0.5) is 0 Å². The Morgan fingerprint density at radius 3 is 2.60 bits per heavy atom. The van der Waals surface area contributed by atoms with Crippen LogP contribution in [0.5, 0.6) is 5.75 Å². The lowest BCUT2D eigenvalue weighted by Gasteiger charge is -2.21. The molecule has 1 saturated heterocycles. The fraction of sp³-hybridized carbons (Fsp3) is 0.417. The summed E-state index contributed by atoms with van der Waals surface area (Å²) in [5.74, 6) is 1.74. The molecule has 3 heterocycles. The maximum atomic E-state index is 8.36. The number of imidazole rings is 2. The number of unbranched alkanes of at least 4 members (excludes halogenated alkanes) is 1. The number of aromatic nitrogens is 4. The zero-order valence-electron chi connectivity index (χ0n) is 19.7. The molecule has 2 atom stereocenters. The van der Waals surface area contributed by atoms with Crippen LogP contribution in [0.15, 0.2) is 55.4 Å². The van der Waals surface area contributed by atoms with Gasteiger partial charge in [-0.05, 0) is 31.9 Å². The predicted octanol–water partition coefficient (Wildman–Crippen LogP) is 2.98. The van der Waals surface area contributed by atoms with E-state index in [4.69, 9.17) is 34.0 Å². The van der Waals surface area contributed by atoms with E-state index in [0.717, 1.165) is 36.5 Å². The molecule has 35 heavy (non-hydrogen) atoms. The molecule has 1 aliphatic heterocycles. The summed E-state index contributed by atoms with van der Waals surface area (Å²) in [5, 5.41) is 13.8. The van der Waals surface area contributed by atoms with Gasteiger partial charge in [0, 0.05) is 37.9 Å². The standard InChI is InChI=1S/C22H28N4O3.2CH2O2/c1-2-28-21-16-27-15-19(21)26-13-10-24-22(26)18-7-3-4-8-20(18)29-14-6-5-11-25-12-9-23-17-25;2*2-1-3/h3-4,7-10,12-13,17,19,21H,2,5-6,11,14-16H2,1H3;2*1H,(H,2,3)/t19-,21-;;/m0../s1.